The summed E-state index contributed by atoms with van der Waals surface area (Å²) in [7, 11) is 0. The van der Waals surface area contributed by atoms with Gasteiger partial charge in [-0.2, -0.15) is 0 Å². The largest absolute Gasteiger partial charge is 0.486 e. The fourth-order valence-corrected chi connectivity index (χ4v) is 9.17. The molecule has 257 valence electrons. The number of halogens is 1. The average molecular weight is 910 g/mol. The SMILES string of the molecule is [2H]C([2H])([2H])c1c[c-]c(-c2cc(CC(C)C)[c]([Ge]([CH3])([CH3])[CH3])cn2)c(F)c1.[2H]C([2H])([2H])c1ccc2c(n1)oc1c(-c3cc(C([2H])([2H])[2H])c(-c4ccccc4)cn3)[c-]ccc12.[Ir]. The van der Waals surface area contributed by atoms with Crippen molar-refractivity contribution in [2.24, 2.45) is 5.92 Å². The first kappa shape index (κ1) is 26.8. The second kappa shape index (κ2) is 15.5. The van der Waals surface area contributed by atoms with E-state index in [1.54, 1.807) is 24.4 Å². The van der Waals surface area contributed by atoms with Crippen molar-refractivity contribution in [3.63, 3.8) is 0 Å². The second-order valence-corrected chi connectivity index (χ2v) is 24.0. The van der Waals surface area contributed by atoms with Crippen LogP contribution >= 0.6 is 0 Å². The van der Waals surface area contributed by atoms with Crippen LogP contribution < -0.4 is 4.40 Å². The number of hydrogen-bond acceptors (Lipinski definition) is 4. The molecule has 0 unspecified atom stereocenters. The van der Waals surface area contributed by atoms with Crippen LogP contribution in [0.4, 0.5) is 4.39 Å². The quantitative estimate of drug-likeness (QED) is 0.123. The van der Waals surface area contributed by atoms with E-state index in [4.69, 9.17) is 16.8 Å². The van der Waals surface area contributed by atoms with Gasteiger partial charge < -0.3 is 9.40 Å². The molecule has 1 radical (unpaired) electrons. The van der Waals surface area contributed by atoms with E-state index < -0.39 is 39.6 Å². The first-order chi connectivity index (χ1) is 27.0. The van der Waals surface area contributed by atoms with Crippen molar-refractivity contribution in [3.05, 3.63) is 132 Å². The van der Waals surface area contributed by atoms with Crippen molar-refractivity contribution in [1.29, 1.82) is 0 Å². The van der Waals surface area contributed by atoms with Gasteiger partial charge in [-0.05, 0) is 42.7 Å². The summed E-state index contributed by atoms with van der Waals surface area (Å²) in [6, 6.07) is 27.6. The number of hydrogen-bond donors (Lipinski definition) is 0. The van der Waals surface area contributed by atoms with E-state index >= 15 is 0 Å². The van der Waals surface area contributed by atoms with Gasteiger partial charge in [0.2, 0.25) is 5.71 Å². The minimum absolute atomic E-state index is 0. The van der Waals surface area contributed by atoms with E-state index in [9.17, 15) is 4.39 Å². The molecule has 0 amide bonds. The zero-order chi connectivity index (χ0) is 42.4. The number of nitrogens with zero attached hydrogens (tertiary/aromatic N) is 3. The van der Waals surface area contributed by atoms with Gasteiger partial charge in [-0.15, -0.1) is 18.2 Å². The molecule has 0 saturated heterocycles. The Kier molecular flexibility index (Phi) is 8.31. The monoisotopic (exact) mass is 911 g/mol. The van der Waals surface area contributed by atoms with Crippen molar-refractivity contribution in [2.45, 2.75) is 58.1 Å². The Labute approximate surface area is 324 Å². The standard InChI is InChI=1S/C24H17N2O.C19H25FGeN.Ir/c1-15-13-22(25-14-21(15)17-7-4-3-5-8-17)20-10-6-9-18-19-12-11-16(2)26-24(19)27-23(18)20;1-13(2)9-15-11-19(22-12-18(15)21(4,5)6)16-8-7-14(3)10-17(16)20;/h3-9,11-14H,1-2H3;7,10-13H,9H2,1-6H3;/q2*-1;/i1D3,2D3;3D3;. The summed E-state index contributed by atoms with van der Waals surface area (Å²) in [6.07, 6.45) is 4.35. The number of furan rings is 1. The third-order valence-corrected chi connectivity index (χ3v) is 12.5. The zero-order valence-electron chi connectivity index (χ0n) is 37.4. The van der Waals surface area contributed by atoms with Crippen LogP contribution in [0.25, 0.3) is 55.7 Å². The number of pyridine rings is 3. The van der Waals surface area contributed by atoms with E-state index in [1.165, 1.54) is 28.2 Å². The predicted molar refractivity (Wildman–Crippen MR) is 203 cm³/mol. The summed E-state index contributed by atoms with van der Waals surface area (Å²) < 4.78 is 90.9. The van der Waals surface area contributed by atoms with Crippen LogP contribution in [0.2, 0.25) is 17.3 Å². The molecule has 3 aromatic carbocycles. The van der Waals surface area contributed by atoms with Gasteiger partial charge in [-0.1, -0.05) is 47.3 Å². The minimum atomic E-state index is -2.36. The summed E-state index contributed by atoms with van der Waals surface area (Å²) in [5.41, 5.74) is 4.79. The summed E-state index contributed by atoms with van der Waals surface area (Å²) in [4.78, 5) is 13.2. The molecule has 0 N–H and O–H groups in total. The summed E-state index contributed by atoms with van der Waals surface area (Å²) in [5, 5.41) is 1.37. The number of rotatable bonds is 6. The number of aryl methyl sites for hydroxylation is 3. The molecule has 7 aromatic rings. The van der Waals surface area contributed by atoms with Crippen LogP contribution in [-0.2, 0) is 26.5 Å². The first-order valence-electron chi connectivity index (χ1n) is 20.5. The average Bonchev–Trinajstić information content (AvgIpc) is 3.52. The van der Waals surface area contributed by atoms with Gasteiger partial charge in [-0.25, -0.2) is 4.98 Å². The molecular weight excluding hydrogens is 858 g/mol. The third-order valence-electron chi connectivity index (χ3n) is 8.12. The van der Waals surface area contributed by atoms with Gasteiger partial charge in [-0.3, -0.25) is 0 Å². The predicted octanol–water partition coefficient (Wildman–Crippen LogP) is 10.9. The fourth-order valence-electron chi connectivity index (χ4n) is 5.84. The van der Waals surface area contributed by atoms with Crippen LogP contribution in [0, 0.1) is 44.4 Å². The molecule has 4 aromatic heterocycles. The molecule has 7 heteroatoms. The van der Waals surface area contributed by atoms with Crippen molar-refractivity contribution in [3.8, 4) is 33.6 Å². The number of aromatic nitrogens is 3. The molecular formula is C43H42FGeIrN3O-2. The Bertz CT molecular complexity index is 2600. The van der Waals surface area contributed by atoms with E-state index in [1.807, 2.05) is 42.6 Å². The molecule has 7 rings (SSSR count). The number of fused-ring (bicyclic) bond motifs is 3. The van der Waals surface area contributed by atoms with Crippen molar-refractivity contribution in [1.82, 2.24) is 15.0 Å². The van der Waals surface area contributed by atoms with Crippen LogP contribution in [0.5, 0.6) is 0 Å². The van der Waals surface area contributed by atoms with Crippen LogP contribution in [0.15, 0.2) is 95.7 Å². The van der Waals surface area contributed by atoms with Crippen molar-refractivity contribution >= 4 is 39.7 Å². The maximum Gasteiger partial charge on any atom is 0.216 e. The minimum Gasteiger partial charge on any atom is -0.486 e. The number of benzene rings is 3. The molecule has 0 aliphatic heterocycles. The fraction of sp³-hybridized carbons (Fsp3) is 0.233. The van der Waals surface area contributed by atoms with Crippen molar-refractivity contribution in [2.75, 3.05) is 0 Å². The van der Waals surface area contributed by atoms with E-state index in [2.05, 4.69) is 58.2 Å². The van der Waals surface area contributed by atoms with Gasteiger partial charge in [0.05, 0.1) is 5.58 Å². The smallest absolute Gasteiger partial charge is 0.216 e. The maximum atomic E-state index is 14.5. The van der Waals surface area contributed by atoms with Crippen LogP contribution in [0.3, 0.4) is 0 Å². The van der Waals surface area contributed by atoms with E-state index in [-0.39, 0.29) is 48.2 Å². The summed E-state index contributed by atoms with van der Waals surface area (Å²) in [6.45, 7) is -2.73. The Balaban J connectivity index is 0.000000230. The summed E-state index contributed by atoms with van der Waals surface area (Å²) in [5.74, 6) is 6.85. The Morgan fingerprint density at radius 2 is 1.64 bits per heavy atom. The molecule has 0 aliphatic rings. The normalized spacial score (nSPS) is 14.8. The van der Waals surface area contributed by atoms with E-state index in [0.29, 0.717) is 44.8 Å². The van der Waals surface area contributed by atoms with Gasteiger partial charge in [0, 0.05) is 51.2 Å². The summed E-state index contributed by atoms with van der Waals surface area (Å²) >= 11 is -2.08. The molecule has 0 atom stereocenters. The van der Waals surface area contributed by atoms with Crippen LogP contribution in [-0.4, -0.2) is 28.2 Å². The maximum absolute atomic E-state index is 14.5. The molecule has 0 fully saturated rings. The molecule has 0 bridgehead atoms. The van der Waals surface area contributed by atoms with Crippen LogP contribution in [0.1, 0.15) is 48.6 Å². The molecule has 4 nitrogen and oxygen atoms in total. The second-order valence-electron chi connectivity index (χ2n) is 13.4. The first-order valence-corrected chi connectivity index (χ1v) is 23.4. The Morgan fingerprint density at radius 3 is 2.34 bits per heavy atom. The van der Waals surface area contributed by atoms with Gasteiger partial charge in [0.1, 0.15) is 0 Å². The molecule has 50 heavy (non-hydrogen) atoms. The molecule has 0 aliphatic carbocycles. The Hall–Kier alpha value is -3.97. The molecule has 4 heterocycles. The molecule has 0 spiro atoms. The van der Waals surface area contributed by atoms with Crippen molar-refractivity contribution < 1.29 is 41.2 Å². The zero-order valence-corrected chi connectivity index (χ0v) is 32.9. The van der Waals surface area contributed by atoms with E-state index in [0.717, 1.165) is 18.1 Å². The third kappa shape index (κ3) is 8.15. The van der Waals surface area contributed by atoms with Gasteiger partial charge in [0.15, 0.2) is 0 Å². The van der Waals surface area contributed by atoms with Gasteiger partial charge >= 0.3 is 140 Å². The van der Waals surface area contributed by atoms with Gasteiger partial charge in [0.25, 0.3) is 0 Å². The Morgan fingerprint density at radius 1 is 0.860 bits per heavy atom. The molecule has 0 saturated carbocycles. The topological polar surface area (TPSA) is 51.8 Å².